The lowest BCUT2D eigenvalue weighted by atomic mass is 10.2. The molecule has 2 aromatic carbocycles. The molecule has 2 aromatic heterocycles. The van der Waals surface area contributed by atoms with E-state index in [1.54, 1.807) is 60.9 Å². The number of hydrogen-bond acceptors (Lipinski definition) is 5. The van der Waals surface area contributed by atoms with Gasteiger partial charge in [0.1, 0.15) is 10.8 Å². The first-order chi connectivity index (χ1) is 14.6. The zero-order valence-electron chi connectivity index (χ0n) is 15.6. The summed E-state index contributed by atoms with van der Waals surface area (Å²) in [4.78, 5) is 25.6. The smallest absolute Gasteiger partial charge is 0.271 e. The third kappa shape index (κ3) is 4.82. The first-order valence-electron chi connectivity index (χ1n) is 9.03. The number of aromatic nitrogens is 2. The molecule has 1 N–H and O–H groups in total. The Hall–Kier alpha value is -3.29. The second-order valence-corrected chi connectivity index (χ2v) is 7.82. The average Bonchev–Trinajstić information content (AvgIpc) is 3.29. The summed E-state index contributed by atoms with van der Waals surface area (Å²) in [6, 6.07) is 20.8. The highest BCUT2D eigenvalue weighted by molar-refractivity contribution is 7.99. The fourth-order valence-corrected chi connectivity index (χ4v) is 3.59. The van der Waals surface area contributed by atoms with Crippen LogP contribution in [0, 0.1) is 0 Å². The summed E-state index contributed by atoms with van der Waals surface area (Å²) in [5, 5.41) is 8.53. The van der Waals surface area contributed by atoms with E-state index >= 15 is 0 Å². The fraction of sp³-hybridized carbons (Fsp3) is 0.0455. The molecule has 4 aromatic rings. The van der Waals surface area contributed by atoms with E-state index in [1.807, 2.05) is 12.1 Å². The average molecular weight is 438 g/mol. The molecule has 8 heteroatoms. The molecule has 0 unspecified atom stereocenters. The summed E-state index contributed by atoms with van der Waals surface area (Å²) in [5.74, 6) is 0.441. The van der Waals surface area contributed by atoms with Crippen molar-refractivity contribution in [1.29, 1.82) is 0 Å². The Bertz CT molecular complexity index is 1200. The minimum atomic E-state index is -0.259. The Morgan fingerprint density at radius 2 is 1.80 bits per heavy atom. The molecule has 0 saturated heterocycles. The van der Waals surface area contributed by atoms with Gasteiger partial charge in [0.05, 0.1) is 18.5 Å². The molecule has 0 aliphatic rings. The highest BCUT2D eigenvalue weighted by atomic mass is 35.5. The predicted octanol–water partition coefficient (Wildman–Crippen LogP) is 4.56. The first kappa shape index (κ1) is 20.0. The highest BCUT2D eigenvalue weighted by Crippen LogP contribution is 2.26. The molecular weight excluding hydrogens is 422 g/mol. The maximum atomic E-state index is 12.3. The van der Waals surface area contributed by atoms with Gasteiger partial charge in [-0.15, -0.1) is 0 Å². The predicted molar refractivity (Wildman–Crippen MR) is 115 cm³/mol. The summed E-state index contributed by atoms with van der Waals surface area (Å²) < 4.78 is 6.51. The second-order valence-electron chi connectivity index (χ2n) is 6.29. The van der Waals surface area contributed by atoms with Crippen molar-refractivity contribution in [3.8, 4) is 5.69 Å². The molecule has 30 heavy (non-hydrogen) atoms. The van der Waals surface area contributed by atoms with Gasteiger partial charge in [-0.1, -0.05) is 23.4 Å². The van der Waals surface area contributed by atoms with Crippen LogP contribution in [0.4, 0.5) is 0 Å². The maximum absolute atomic E-state index is 12.3. The van der Waals surface area contributed by atoms with Crippen molar-refractivity contribution < 1.29 is 9.21 Å². The Labute approximate surface area is 181 Å². The van der Waals surface area contributed by atoms with Gasteiger partial charge in [-0.05, 0) is 66.7 Å². The molecule has 0 radical (unpaired) electrons. The van der Waals surface area contributed by atoms with Crippen LogP contribution in [-0.2, 0) is 6.54 Å². The molecule has 2 heterocycles. The van der Waals surface area contributed by atoms with Crippen molar-refractivity contribution in [3.63, 3.8) is 0 Å². The van der Waals surface area contributed by atoms with E-state index in [-0.39, 0.29) is 11.5 Å². The van der Waals surface area contributed by atoms with Gasteiger partial charge < -0.3 is 9.73 Å². The Morgan fingerprint density at radius 1 is 1.03 bits per heavy atom. The van der Waals surface area contributed by atoms with E-state index in [2.05, 4.69) is 10.4 Å². The fourth-order valence-electron chi connectivity index (χ4n) is 2.69. The van der Waals surface area contributed by atoms with E-state index in [4.69, 9.17) is 16.0 Å². The van der Waals surface area contributed by atoms with Crippen molar-refractivity contribution in [2.75, 3.05) is 0 Å². The number of carbonyl (C=O) groups is 1. The molecule has 0 fully saturated rings. The van der Waals surface area contributed by atoms with Crippen LogP contribution < -0.4 is 10.9 Å². The standard InChI is InChI=1S/C22H16ClN3O3S/c23-16-5-9-19(10-6-16)30-20-11-12-21(27)26(25-20)17-7-3-15(4-8-17)22(28)24-14-18-2-1-13-29-18/h1-13H,14H2,(H,24,28). The molecule has 0 saturated carbocycles. The molecule has 0 aliphatic carbocycles. The van der Waals surface area contributed by atoms with Crippen molar-refractivity contribution in [1.82, 2.24) is 15.1 Å². The van der Waals surface area contributed by atoms with E-state index in [0.29, 0.717) is 33.6 Å². The molecular formula is C22H16ClN3O3S. The summed E-state index contributed by atoms with van der Waals surface area (Å²) >= 11 is 7.34. The number of nitrogens with one attached hydrogen (secondary N) is 1. The lowest BCUT2D eigenvalue weighted by Gasteiger charge is -2.08. The van der Waals surface area contributed by atoms with Crippen LogP contribution in [0.5, 0.6) is 0 Å². The summed E-state index contributed by atoms with van der Waals surface area (Å²) in [6.07, 6.45) is 1.56. The van der Waals surface area contributed by atoms with Crippen LogP contribution in [0.15, 0.2) is 98.2 Å². The quantitative estimate of drug-likeness (QED) is 0.478. The maximum Gasteiger partial charge on any atom is 0.271 e. The summed E-state index contributed by atoms with van der Waals surface area (Å²) in [6.45, 7) is 0.304. The molecule has 4 rings (SSSR count). The summed E-state index contributed by atoms with van der Waals surface area (Å²) in [5.41, 5.74) is 0.789. The van der Waals surface area contributed by atoms with Gasteiger partial charge in [0, 0.05) is 21.5 Å². The Balaban J connectivity index is 1.49. The number of carbonyl (C=O) groups excluding carboxylic acids is 1. The van der Waals surface area contributed by atoms with Crippen LogP contribution in [-0.4, -0.2) is 15.7 Å². The van der Waals surface area contributed by atoms with Crippen LogP contribution in [0.25, 0.3) is 5.69 Å². The van der Waals surface area contributed by atoms with Crippen LogP contribution in [0.2, 0.25) is 5.02 Å². The Kier molecular flexibility index (Phi) is 6.02. The van der Waals surface area contributed by atoms with Gasteiger partial charge in [0.2, 0.25) is 0 Å². The third-order valence-corrected chi connectivity index (χ3v) is 5.38. The normalized spacial score (nSPS) is 10.7. The molecule has 6 nitrogen and oxygen atoms in total. The molecule has 0 aliphatic heterocycles. The number of halogens is 1. The summed E-state index contributed by atoms with van der Waals surface area (Å²) in [7, 11) is 0. The monoisotopic (exact) mass is 437 g/mol. The molecule has 0 spiro atoms. The van der Waals surface area contributed by atoms with Crippen LogP contribution >= 0.6 is 23.4 Å². The lowest BCUT2D eigenvalue weighted by molar-refractivity contribution is 0.0948. The highest BCUT2D eigenvalue weighted by Gasteiger charge is 2.09. The Morgan fingerprint density at radius 3 is 2.50 bits per heavy atom. The van der Waals surface area contributed by atoms with Crippen LogP contribution in [0.3, 0.4) is 0 Å². The zero-order chi connectivity index (χ0) is 20.9. The topological polar surface area (TPSA) is 77.1 Å². The van der Waals surface area contributed by atoms with Crippen LogP contribution in [0.1, 0.15) is 16.1 Å². The minimum Gasteiger partial charge on any atom is -0.467 e. The van der Waals surface area contributed by atoms with Crippen molar-refractivity contribution in [2.24, 2.45) is 0 Å². The van der Waals surface area contributed by atoms with Gasteiger partial charge in [-0.25, -0.2) is 0 Å². The van der Waals surface area contributed by atoms with Gasteiger partial charge in [-0.3, -0.25) is 9.59 Å². The SMILES string of the molecule is O=C(NCc1ccco1)c1ccc(-n2nc(Sc3ccc(Cl)cc3)ccc2=O)cc1. The van der Waals surface area contributed by atoms with E-state index in [9.17, 15) is 9.59 Å². The largest absolute Gasteiger partial charge is 0.467 e. The van der Waals surface area contributed by atoms with E-state index in [0.717, 1.165) is 4.90 Å². The number of hydrogen-bond donors (Lipinski definition) is 1. The number of benzene rings is 2. The third-order valence-electron chi connectivity index (χ3n) is 4.19. The molecule has 1 amide bonds. The van der Waals surface area contributed by atoms with Crippen molar-refractivity contribution in [2.45, 2.75) is 16.5 Å². The van der Waals surface area contributed by atoms with E-state index < -0.39 is 0 Å². The van der Waals surface area contributed by atoms with Gasteiger partial charge in [-0.2, -0.15) is 9.78 Å². The first-order valence-corrected chi connectivity index (χ1v) is 10.2. The van der Waals surface area contributed by atoms with Gasteiger partial charge in [0.15, 0.2) is 0 Å². The van der Waals surface area contributed by atoms with Gasteiger partial charge >= 0.3 is 0 Å². The van der Waals surface area contributed by atoms with Gasteiger partial charge in [0.25, 0.3) is 11.5 Å². The van der Waals surface area contributed by atoms with Crippen molar-refractivity contribution >= 4 is 29.3 Å². The zero-order valence-corrected chi connectivity index (χ0v) is 17.2. The lowest BCUT2D eigenvalue weighted by Crippen LogP contribution is -2.23. The number of amides is 1. The number of furan rings is 1. The minimum absolute atomic E-state index is 0.231. The number of rotatable bonds is 6. The second kappa shape index (κ2) is 9.02. The number of nitrogens with zero attached hydrogens (tertiary/aromatic N) is 2. The molecule has 150 valence electrons. The van der Waals surface area contributed by atoms with E-state index in [1.165, 1.54) is 22.5 Å². The van der Waals surface area contributed by atoms with Crippen molar-refractivity contribution in [3.05, 3.63) is 106 Å². The molecule has 0 atom stereocenters. The molecule has 0 bridgehead atoms.